The predicted molar refractivity (Wildman–Crippen MR) is 61.7 cm³/mol. The van der Waals surface area contributed by atoms with Crippen LogP contribution in [0.3, 0.4) is 0 Å². The molecule has 0 amide bonds. The van der Waals surface area contributed by atoms with E-state index in [-0.39, 0.29) is 5.78 Å². The molecule has 0 saturated heterocycles. The molecule has 3 heteroatoms. The lowest BCUT2D eigenvalue weighted by Gasteiger charge is -2.11. The lowest BCUT2D eigenvalue weighted by atomic mass is 9.97. The molecule has 1 rings (SSSR count). The van der Waals surface area contributed by atoms with Crippen molar-refractivity contribution in [2.45, 2.75) is 27.2 Å². The van der Waals surface area contributed by atoms with Crippen molar-refractivity contribution in [1.82, 2.24) is 0 Å². The zero-order chi connectivity index (χ0) is 12.1. The average Bonchev–Trinajstić information content (AvgIpc) is 2.28. The van der Waals surface area contributed by atoms with Crippen LogP contribution in [-0.2, 0) is 6.42 Å². The van der Waals surface area contributed by atoms with Crippen LogP contribution in [-0.4, -0.2) is 12.4 Å². The van der Waals surface area contributed by atoms with Crippen molar-refractivity contribution in [2.24, 2.45) is 0 Å². The van der Waals surface area contributed by atoms with Crippen molar-refractivity contribution in [2.75, 3.05) is 6.61 Å². The molecular formula is C13H15NO2. The topological polar surface area (TPSA) is 50.1 Å². The van der Waals surface area contributed by atoms with Crippen molar-refractivity contribution in [3.8, 4) is 11.8 Å². The molecule has 84 valence electrons. The molecule has 1 aromatic rings. The summed E-state index contributed by atoms with van der Waals surface area (Å²) in [6.07, 6.45) is 0.732. The molecule has 16 heavy (non-hydrogen) atoms. The van der Waals surface area contributed by atoms with E-state index in [2.05, 4.69) is 6.07 Å². The Morgan fingerprint density at radius 3 is 2.56 bits per heavy atom. The molecule has 0 atom stereocenters. The zero-order valence-corrected chi connectivity index (χ0v) is 9.83. The number of benzene rings is 1. The highest BCUT2D eigenvalue weighted by Crippen LogP contribution is 2.26. The summed E-state index contributed by atoms with van der Waals surface area (Å²) >= 11 is 0. The summed E-state index contributed by atoms with van der Waals surface area (Å²) in [6.45, 7) is 5.75. The lowest BCUT2D eigenvalue weighted by molar-refractivity contribution is 0.101. The van der Waals surface area contributed by atoms with E-state index in [0.717, 1.165) is 12.0 Å². The van der Waals surface area contributed by atoms with Gasteiger partial charge in [0.25, 0.3) is 0 Å². The smallest absolute Gasteiger partial charge is 0.164 e. The van der Waals surface area contributed by atoms with Crippen molar-refractivity contribution < 1.29 is 9.53 Å². The quantitative estimate of drug-likeness (QED) is 0.728. The molecule has 0 radical (unpaired) electrons. The first-order valence-electron chi connectivity index (χ1n) is 5.35. The van der Waals surface area contributed by atoms with Gasteiger partial charge in [0.15, 0.2) is 5.78 Å². The number of nitriles is 1. The fraction of sp³-hybridized carbons (Fsp3) is 0.385. The molecule has 0 aliphatic heterocycles. The van der Waals surface area contributed by atoms with Gasteiger partial charge in [-0.25, -0.2) is 0 Å². The second kappa shape index (κ2) is 5.32. The number of rotatable bonds is 4. The fourth-order valence-electron chi connectivity index (χ4n) is 1.67. The van der Waals surface area contributed by atoms with E-state index < -0.39 is 0 Å². The van der Waals surface area contributed by atoms with Gasteiger partial charge in [-0.3, -0.25) is 4.79 Å². The van der Waals surface area contributed by atoms with Crippen molar-refractivity contribution in [3.63, 3.8) is 0 Å². The first-order chi connectivity index (χ1) is 7.65. The van der Waals surface area contributed by atoms with Crippen LogP contribution in [0.15, 0.2) is 12.1 Å². The van der Waals surface area contributed by atoms with Gasteiger partial charge < -0.3 is 4.74 Å². The molecule has 0 fully saturated rings. The SMILES string of the molecule is CCOc1ccc(CC)c(C#N)c1C(C)=O. The zero-order valence-electron chi connectivity index (χ0n) is 9.83. The summed E-state index contributed by atoms with van der Waals surface area (Å²) in [5.41, 5.74) is 1.74. The first-order valence-corrected chi connectivity index (χ1v) is 5.35. The first kappa shape index (κ1) is 12.3. The van der Waals surface area contributed by atoms with Gasteiger partial charge in [0, 0.05) is 0 Å². The third-order valence-electron chi connectivity index (χ3n) is 2.40. The predicted octanol–water partition coefficient (Wildman–Crippen LogP) is 2.72. The largest absolute Gasteiger partial charge is 0.493 e. The van der Waals surface area contributed by atoms with Gasteiger partial charge in [-0.1, -0.05) is 13.0 Å². The van der Waals surface area contributed by atoms with Gasteiger partial charge in [0.05, 0.1) is 17.7 Å². The minimum Gasteiger partial charge on any atom is -0.493 e. The fourth-order valence-corrected chi connectivity index (χ4v) is 1.67. The van der Waals surface area contributed by atoms with E-state index in [1.807, 2.05) is 19.9 Å². The molecule has 0 heterocycles. The molecule has 3 nitrogen and oxygen atoms in total. The number of carbonyl (C=O) groups excluding carboxylic acids is 1. The molecule has 0 spiro atoms. The monoisotopic (exact) mass is 217 g/mol. The number of nitrogens with zero attached hydrogens (tertiary/aromatic N) is 1. The highest BCUT2D eigenvalue weighted by Gasteiger charge is 2.16. The Hall–Kier alpha value is -1.82. The Labute approximate surface area is 95.7 Å². The van der Waals surface area contributed by atoms with Crippen molar-refractivity contribution >= 4 is 5.78 Å². The molecule has 0 aromatic heterocycles. The van der Waals surface area contributed by atoms with Crippen LogP contribution in [0.25, 0.3) is 0 Å². The number of hydrogen-bond acceptors (Lipinski definition) is 3. The van der Waals surface area contributed by atoms with Crippen LogP contribution in [0.5, 0.6) is 5.75 Å². The minimum absolute atomic E-state index is 0.129. The second-order valence-corrected chi connectivity index (χ2v) is 3.43. The number of Topliss-reactive ketones (excluding diaryl/α,β-unsaturated/α-hetero) is 1. The number of aryl methyl sites for hydroxylation is 1. The van der Waals surface area contributed by atoms with Crippen LogP contribution in [0.1, 0.15) is 42.3 Å². The Morgan fingerprint density at radius 1 is 1.44 bits per heavy atom. The molecule has 0 unspecified atom stereocenters. The van der Waals surface area contributed by atoms with Gasteiger partial charge in [-0.15, -0.1) is 0 Å². The van der Waals surface area contributed by atoms with E-state index in [4.69, 9.17) is 10.00 Å². The normalized spacial score (nSPS) is 9.62. The standard InChI is InChI=1S/C13H15NO2/c1-4-10-6-7-12(16-5-2)13(9(3)15)11(10)8-14/h6-7H,4-5H2,1-3H3. The van der Waals surface area contributed by atoms with E-state index in [9.17, 15) is 4.79 Å². The Kier molecular flexibility index (Phi) is 4.07. The molecular weight excluding hydrogens is 202 g/mol. The highest BCUT2D eigenvalue weighted by atomic mass is 16.5. The van der Waals surface area contributed by atoms with E-state index >= 15 is 0 Å². The summed E-state index contributed by atoms with van der Waals surface area (Å²) in [4.78, 5) is 11.6. The highest BCUT2D eigenvalue weighted by molar-refractivity contribution is 5.99. The summed E-state index contributed by atoms with van der Waals surface area (Å²) in [5.74, 6) is 0.374. The van der Waals surface area contributed by atoms with E-state index in [1.165, 1.54) is 6.92 Å². The second-order valence-electron chi connectivity index (χ2n) is 3.43. The van der Waals surface area contributed by atoms with Crippen LogP contribution >= 0.6 is 0 Å². The van der Waals surface area contributed by atoms with Crippen LogP contribution < -0.4 is 4.74 Å². The lowest BCUT2D eigenvalue weighted by Crippen LogP contribution is -2.06. The van der Waals surface area contributed by atoms with Gasteiger partial charge >= 0.3 is 0 Å². The Morgan fingerprint density at radius 2 is 2.12 bits per heavy atom. The Balaban J connectivity index is 3.45. The third kappa shape index (κ3) is 2.22. The molecule has 1 aromatic carbocycles. The molecule has 0 aliphatic carbocycles. The number of ether oxygens (including phenoxy) is 1. The van der Waals surface area contributed by atoms with Crippen LogP contribution in [0.2, 0.25) is 0 Å². The number of hydrogen-bond donors (Lipinski definition) is 0. The molecule has 0 N–H and O–H groups in total. The summed E-state index contributed by atoms with van der Waals surface area (Å²) < 4.78 is 5.37. The van der Waals surface area contributed by atoms with Crippen molar-refractivity contribution in [3.05, 3.63) is 28.8 Å². The van der Waals surface area contributed by atoms with Gasteiger partial charge in [0.2, 0.25) is 0 Å². The van der Waals surface area contributed by atoms with Crippen LogP contribution in [0, 0.1) is 11.3 Å². The third-order valence-corrected chi connectivity index (χ3v) is 2.40. The average molecular weight is 217 g/mol. The van der Waals surface area contributed by atoms with Crippen LogP contribution in [0.4, 0.5) is 0 Å². The number of carbonyl (C=O) groups is 1. The Bertz CT molecular complexity index is 444. The summed E-state index contributed by atoms with van der Waals surface area (Å²) in [7, 11) is 0. The minimum atomic E-state index is -0.129. The molecule has 0 saturated carbocycles. The van der Waals surface area contributed by atoms with Gasteiger partial charge in [-0.2, -0.15) is 5.26 Å². The van der Waals surface area contributed by atoms with Gasteiger partial charge in [-0.05, 0) is 31.9 Å². The van der Waals surface area contributed by atoms with E-state index in [0.29, 0.717) is 23.5 Å². The maximum atomic E-state index is 11.6. The van der Waals surface area contributed by atoms with Gasteiger partial charge in [0.1, 0.15) is 11.8 Å². The summed E-state index contributed by atoms with van der Waals surface area (Å²) in [5, 5.41) is 9.11. The van der Waals surface area contributed by atoms with Crippen molar-refractivity contribution in [1.29, 1.82) is 5.26 Å². The maximum absolute atomic E-state index is 11.6. The number of ketones is 1. The molecule has 0 aliphatic rings. The van der Waals surface area contributed by atoms with E-state index in [1.54, 1.807) is 6.07 Å². The molecule has 0 bridgehead atoms. The summed E-state index contributed by atoms with van der Waals surface area (Å²) in [6, 6.07) is 5.70. The maximum Gasteiger partial charge on any atom is 0.164 e.